The number of nitrogens with one attached hydrogen (secondary N) is 2. The largest absolute Gasteiger partial charge is 0.381 e. The summed E-state index contributed by atoms with van der Waals surface area (Å²) in [7, 11) is -8.18. The Balaban J connectivity index is 1.67. The van der Waals surface area contributed by atoms with Crippen LogP contribution in [0, 0.1) is 5.82 Å². The average molecular weight is 500 g/mol. The maximum atomic E-state index is 14.2. The molecule has 2 saturated heterocycles. The van der Waals surface area contributed by atoms with Crippen LogP contribution >= 0.6 is 0 Å². The van der Waals surface area contributed by atoms with Crippen molar-refractivity contribution in [3.05, 3.63) is 48.3 Å². The molecular formula is C21H26FN3O6S2. The zero-order valence-electron chi connectivity index (χ0n) is 17.9. The highest BCUT2D eigenvalue weighted by atomic mass is 32.2. The van der Waals surface area contributed by atoms with Crippen molar-refractivity contribution in [2.24, 2.45) is 0 Å². The highest BCUT2D eigenvalue weighted by molar-refractivity contribution is 7.92. The first-order chi connectivity index (χ1) is 15.8. The van der Waals surface area contributed by atoms with Crippen molar-refractivity contribution >= 4 is 31.4 Å². The Kier molecular flexibility index (Phi) is 7.19. The lowest BCUT2D eigenvalue weighted by Crippen LogP contribution is -2.40. The molecule has 0 saturated carbocycles. The van der Waals surface area contributed by atoms with Crippen molar-refractivity contribution in [3.8, 4) is 0 Å². The summed E-state index contributed by atoms with van der Waals surface area (Å²) in [5, 5.41) is 3.13. The number of rotatable bonds is 8. The van der Waals surface area contributed by atoms with Gasteiger partial charge >= 0.3 is 0 Å². The van der Waals surface area contributed by atoms with Crippen LogP contribution in [0.3, 0.4) is 0 Å². The summed E-state index contributed by atoms with van der Waals surface area (Å²) in [6, 6.07) is 9.16. The molecule has 0 amide bonds. The summed E-state index contributed by atoms with van der Waals surface area (Å²) in [5.74, 6) is -0.907. The second-order valence-corrected chi connectivity index (χ2v) is 11.4. The van der Waals surface area contributed by atoms with Crippen LogP contribution < -0.4 is 10.0 Å². The van der Waals surface area contributed by atoms with Crippen molar-refractivity contribution in [1.29, 1.82) is 0 Å². The van der Waals surface area contributed by atoms with E-state index in [9.17, 15) is 21.2 Å². The maximum Gasteiger partial charge on any atom is 0.264 e. The number of nitrogens with zero attached hydrogens (tertiary/aromatic N) is 1. The van der Waals surface area contributed by atoms with Crippen LogP contribution in [0.1, 0.15) is 12.8 Å². The molecular weight excluding hydrogens is 473 g/mol. The van der Waals surface area contributed by atoms with Crippen LogP contribution in [0.5, 0.6) is 0 Å². The molecule has 2 aromatic rings. The molecule has 2 aliphatic heterocycles. The van der Waals surface area contributed by atoms with Crippen molar-refractivity contribution in [2.45, 2.75) is 28.7 Å². The van der Waals surface area contributed by atoms with Gasteiger partial charge in [-0.3, -0.25) is 4.72 Å². The van der Waals surface area contributed by atoms with E-state index in [1.807, 2.05) is 0 Å². The van der Waals surface area contributed by atoms with E-state index in [0.717, 1.165) is 25.0 Å². The third kappa shape index (κ3) is 5.46. The lowest BCUT2D eigenvalue weighted by atomic mass is 10.2. The van der Waals surface area contributed by atoms with Gasteiger partial charge < -0.3 is 14.8 Å². The molecule has 12 heteroatoms. The normalized spacial score (nSPS) is 20.0. The Morgan fingerprint density at radius 3 is 2.45 bits per heavy atom. The molecule has 0 aromatic heterocycles. The van der Waals surface area contributed by atoms with E-state index in [-0.39, 0.29) is 43.0 Å². The van der Waals surface area contributed by atoms with Gasteiger partial charge in [0.1, 0.15) is 10.7 Å². The van der Waals surface area contributed by atoms with Crippen LogP contribution in [0.2, 0.25) is 0 Å². The lowest BCUT2D eigenvalue weighted by Gasteiger charge is -2.26. The Morgan fingerprint density at radius 2 is 1.76 bits per heavy atom. The van der Waals surface area contributed by atoms with Gasteiger partial charge in [-0.05, 0) is 43.2 Å². The third-order valence-corrected chi connectivity index (χ3v) is 8.81. The smallest absolute Gasteiger partial charge is 0.264 e. The summed E-state index contributed by atoms with van der Waals surface area (Å²) in [5.41, 5.74) is 0.372. The molecule has 2 fully saturated rings. The first-order valence-electron chi connectivity index (χ1n) is 10.6. The monoisotopic (exact) mass is 499 g/mol. The number of sulfonamides is 2. The van der Waals surface area contributed by atoms with Gasteiger partial charge in [0.05, 0.1) is 35.6 Å². The van der Waals surface area contributed by atoms with Gasteiger partial charge in [0.25, 0.3) is 10.0 Å². The van der Waals surface area contributed by atoms with Gasteiger partial charge in [0, 0.05) is 26.2 Å². The highest BCUT2D eigenvalue weighted by Gasteiger charge is 2.28. The molecule has 0 bridgehead atoms. The molecule has 0 unspecified atom stereocenters. The molecule has 2 N–H and O–H groups in total. The fraction of sp³-hybridized carbons (Fsp3) is 0.429. The van der Waals surface area contributed by atoms with E-state index in [4.69, 9.17) is 9.47 Å². The first-order valence-corrected chi connectivity index (χ1v) is 13.5. The molecule has 2 aromatic carbocycles. The topological polar surface area (TPSA) is 114 Å². The summed E-state index contributed by atoms with van der Waals surface area (Å²) < 4.78 is 80.7. The maximum absolute atomic E-state index is 14.2. The second kappa shape index (κ2) is 9.94. The van der Waals surface area contributed by atoms with Crippen molar-refractivity contribution in [3.63, 3.8) is 0 Å². The van der Waals surface area contributed by atoms with Crippen LogP contribution in [-0.4, -0.2) is 66.7 Å². The highest BCUT2D eigenvalue weighted by Crippen LogP contribution is 2.30. The Morgan fingerprint density at radius 1 is 1.00 bits per heavy atom. The summed E-state index contributed by atoms with van der Waals surface area (Å²) >= 11 is 0. The van der Waals surface area contributed by atoms with Crippen LogP contribution in [-0.2, 0) is 29.5 Å². The molecule has 9 nitrogen and oxygen atoms in total. The van der Waals surface area contributed by atoms with Gasteiger partial charge in [-0.2, -0.15) is 4.31 Å². The Labute approximate surface area is 193 Å². The summed E-state index contributed by atoms with van der Waals surface area (Å²) in [6.45, 7) is 2.06. The van der Waals surface area contributed by atoms with Gasteiger partial charge in [0.15, 0.2) is 0 Å². The zero-order chi connectivity index (χ0) is 23.5. The Bertz CT molecular complexity index is 1190. The minimum absolute atomic E-state index is 0.00517. The van der Waals surface area contributed by atoms with Gasteiger partial charge in [-0.25, -0.2) is 21.2 Å². The number of halogens is 1. The molecule has 0 spiro atoms. The fourth-order valence-electron chi connectivity index (χ4n) is 3.75. The van der Waals surface area contributed by atoms with Crippen molar-refractivity contribution < 1.29 is 30.7 Å². The summed E-state index contributed by atoms with van der Waals surface area (Å²) in [6.07, 6.45) is 1.78. The molecule has 33 heavy (non-hydrogen) atoms. The fourth-order valence-corrected chi connectivity index (χ4v) is 6.34. The van der Waals surface area contributed by atoms with Crippen molar-refractivity contribution in [2.75, 3.05) is 49.5 Å². The van der Waals surface area contributed by atoms with Crippen LogP contribution in [0.15, 0.2) is 52.3 Å². The molecule has 180 valence electrons. The number of anilines is 2. The summed E-state index contributed by atoms with van der Waals surface area (Å²) in [4.78, 5) is -0.602. The van der Waals surface area contributed by atoms with E-state index in [0.29, 0.717) is 18.8 Å². The zero-order valence-corrected chi connectivity index (χ0v) is 19.5. The van der Waals surface area contributed by atoms with E-state index in [1.165, 1.54) is 34.6 Å². The van der Waals surface area contributed by atoms with Gasteiger partial charge in [-0.1, -0.05) is 12.1 Å². The van der Waals surface area contributed by atoms with Gasteiger partial charge in [-0.15, -0.1) is 0 Å². The van der Waals surface area contributed by atoms with E-state index in [1.54, 1.807) is 0 Å². The van der Waals surface area contributed by atoms with Crippen LogP contribution in [0.4, 0.5) is 15.8 Å². The van der Waals surface area contributed by atoms with E-state index >= 15 is 0 Å². The number of ether oxygens (including phenoxy) is 2. The molecule has 0 aliphatic carbocycles. The third-order valence-electron chi connectivity index (χ3n) is 5.51. The first kappa shape index (κ1) is 23.9. The number of hydrogen-bond donors (Lipinski definition) is 2. The van der Waals surface area contributed by atoms with Crippen molar-refractivity contribution in [1.82, 2.24) is 4.31 Å². The molecule has 4 rings (SSSR count). The quantitative estimate of drug-likeness (QED) is 0.573. The number of morpholine rings is 1. The molecule has 0 radical (unpaired) electrons. The second-order valence-electron chi connectivity index (χ2n) is 7.78. The minimum atomic E-state index is -4.32. The van der Waals surface area contributed by atoms with Crippen LogP contribution in [0.25, 0.3) is 0 Å². The standard InChI is InChI=1S/C21H26FN3O6S2/c22-18-5-1-2-6-21(18)32(26,27)24-20-14-17(33(28,29)25-9-12-30-13-10-25)7-8-19(20)23-15-16-4-3-11-31-16/h1-2,5-8,14,16,23-24H,3-4,9-13,15H2/t16-/m1/s1. The SMILES string of the molecule is O=S(=O)(Nc1cc(S(=O)(=O)N2CCOCC2)ccc1NC[C@H]1CCCO1)c1ccccc1F. The lowest BCUT2D eigenvalue weighted by molar-refractivity contribution is 0.0730. The Hall–Kier alpha value is -2.25. The minimum Gasteiger partial charge on any atom is -0.381 e. The predicted molar refractivity (Wildman–Crippen MR) is 121 cm³/mol. The predicted octanol–water partition coefficient (Wildman–Crippen LogP) is 2.24. The number of benzene rings is 2. The van der Waals surface area contributed by atoms with Gasteiger partial charge in [0.2, 0.25) is 10.0 Å². The molecule has 2 aliphatic rings. The average Bonchev–Trinajstić information content (AvgIpc) is 3.32. The molecule has 1 atom stereocenters. The van der Waals surface area contributed by atoms with E-state index in [2.05, 4.69) is 10.0 Å². The number of hydrogen-bond acceptors (Lipinski definition) is 7. The van der Waals surface area contributed by atoms with E-state index < -0.39 is 30.8 Å². The molecule has 2 heterocycles.